The van der Waals surface area contributed by atoms with E-state index in [1.165, 1.54) is 5.56 Å². The molecule has 1 saturated heterocycles. The van der Waals surface area contributed by atoms with Gasteiger partial charge in [-0.3, -0.25) is 4.79 Å². The molecule has 1 saturated carbocycles. The van der Waals surface area contributed by atoms with E-state index in [0.29, 0.717) is 18.8 Å². The smallest absolute Gasteiger partial charge is 0.225 e. The first-order chi connectivity index (χ1) is 10.7. The topological polar surface area (TPSA) is 57.8 Å². The highest BCUT2D eigenvalue weighted by Gasteiger charge is 2.41. The lowest BCUT2D eigenvalue weighted by atomic mass is 9.80. The van der Waals surface area contributed by atoms with E-state index >= 15 is 0 Å². The second-order valence-corrected chi connectivity index (χ2v) is 6.58. The Balaban J connectivity index is 1.45. The molecule has 4 rings (SSSR count). The van der Waals surface area contributed by atoms with Crippen LogP contribution < -0.4 is 0 Å². The van der Waals surface area contributed by atoms with Gasteiger partial charge < -0.3 is 14.4 Å². The highest BCUT2D eigenvalue weighted by atomic mass is 16.3. The Morgan fingerprint density at radius 2 is 2.14 bits per heavy atom. The summed E-state index contributed by atoms with van der Waals surface area (Å²) in [5.74, 6) is 0.589. The predicted molar refractivity (Wildman–Crippen MR) is 82.6 cm³/mol. The number of aryl methyl sites for hydroxylation is 1. The monoisotopic (exact) mass is 299 g/mol. The van der Waals surface area contributed by atoms with E-state index in [1.807, 2.05) is 11.2 Å². The van der Waals surface area contributed by atoms with Gasteiger partial charge in [0, 0.05) is 31.1 Å². The van der Waals surface area contributed by atoms with E-state index in [1.54, 1.807) is 0 Å². The van der Waals surface area contributed by atoms with Gasteiger partial charge in [0.05, 0.1) is 23.6 Å². The molecule has 0 bridgehead atoms. The molecule has 116 valence electrons. The minimum absolute atomic E-state index is 0.0433. The third kappa shape index (κ3) is 2.11. The molecule has 2 aromatic heterocycles. The summed E-state index contributed by atoms with van der Waals surface area (Å²) in [5.41, 5.74) is 3.54. The normalized spacial score (nSPS) is 25.1. The number of rotatable bonds is 3. The van der Waals surface area contributed by atoms with Crippen LogP contribution in [0.5, 0.6) is 0 Å². The number of carbonyl (C=O) groups is 1. The standard InChI is InChI=1S/C17H21N3O2/c1-2-11-3-4-15-16(18-10-20(15)7-11)13-8-19(9-13)17(22)12-5-14(21)6-12/h3-4,7,10,12-14,21H,2,5-6,8-9H2,1H3. The number of hydrogen-bond donors (Lipinski definition) is 1. The number of likely N-dealkylation sites (tertiary alicyclic amines) is 1. The molecule has 2 fully saturated rings. The number of fused-ring (bicyclic) bond motifs is 1. The van der Waals surface area contributed by atoms with Gasteiger partial charge in [-0.15, -0.1) is 0 Å². The third-order valence-corrected chi connectivity index (χ3v) is 5.07. The van der Waals surface area contributed by atoms with Crippen molar-refractivity contribution in [1.29, 1.82) is 0 Å². The number of aliphatic hydroxyl groups is 1. The predicted octanol–water partition coefficient (Wildman–Crippen LogP) is 1.59. The molecule has 1 amide bonds. The van der Waals surface area contributed by atoms with Crippen molar-refractivity contribution in [2.45, 2.75) is 38.2 Å². The van der Waals surface area contributed by atoms with Crippen LogP contribution in [0.25, 0.3) is 5.52 Å². The number of pyridine rings is 1. The zero-order chi connectivity index (χ0) is 15.3. The number of amides is 1. The lowest BCUT2D eigenvalue weighted by molar-refractivity contribution is -0.147. The Morgan fingerprint density at radius 1 is 1.36 bits per heavy atom. The molecule has 0 unspecified atom stereocenters. The summed E-state index contributed by atoms with van der Waals surface area (Å²) < 4.78 is 2.08. The second-order valence-electron chi connectivity index (χ2n) is 6.58. The van der Waals surface area contributed by atoms with Crippen LogP contribution >= 0.6 is 0 Å². The maximum absolute atomic E-state index is 12.2. The molecule has 5 nitrogen and oxygen atoms in total. The van der Waals surface area contributed by atoms with Crippen molar-refractivity contribution in [1.82, 2.24) is 14.3 Å². The fourth-order valence-electron chi connectivity index (χ4n) is 3.47. The number of aromatic nitrogens is 2. The van der Waals surface area contributed by atoms with Gasteiger partial charge in [-0.2, -0.15) is 0 Å². The summed E-state index contributed by atoms with van der Waals surface area (Å²) in [6.45, 7) is 3.66. The van der Waals surface area contributed by atoms with Gasteiger partial charge in [-0.25, -0.2) is 4.98 Å². The van der Waals surface area contributed by atoms with Gasteiger partial charge in [0.1, 0.15) is 0 Å². The summed E-state index contributed by atoms with van der Waals surface area (Å²) in [7, 11) is 0. The minimum Gasteiger partial charge on any atom is -0.393 e. The Morgan fingerprint density at radius 3 is 2.82 bits per heavy atom. The van der Waals surface area contributed by atoms with Crippen molar-refractivity contribution in [3.05, 3.63) is 35.9 Å². The maximum Gasteiger partial charge on any atom is 0.225 e. The first kappa shape index (κ1) is 13.8. The molecule has 2 aliphatic rings. The Kier molecular flexibility index (Phi) is 3.18. The highest BCUT2D eigenvalue weighted by molar-refractivity contribution is 5.81. The molecule has 0 radical (unpaired) electrons. The molecule has 0 aromatic carbocycles. The molecular weight excluding hydrogens is 278 g/mol. The number of hydrogen-bond acceptors (Lipinski definition) is 3. The van der Waals surface area contributed by atoms with E-state index in [9.17, 15) is 9.90 Å². The van der Waals surface area contributed by atoms with Gasteiger partial charge in [0.15, 0.2) is 0 Å². The molecule has 0 spiro atoms. The van der Waals surface area contributed by atoms with Crippen molar-refractivity contribution in [3.63, 3.8) is 0 Å². The first-order valence-electron chi connectivity index (χ1n) is 8.08. The summed E-state index contributed by atoms with van der Waals surface area (Å²) >= 11 is 0. The van der Waals surface area contributed by atoms with Gasteiger partial charge in [-0.05, 0) is 30.9 Å². The lowest BCUT2D eigenvalue weighted by Gasteiger charge is -2.43. The summed E-state index contributed by atoms with van der Waals surface area (Å²) in [6, 6.07) is 4.28. The SMILES string of the molecule is CCc1ccc2c(C3CN(C(=O)C4CC(O)C4)C3)ncn2c1. The van der Waals surface area contributed by atoms with E-state index in [2.05, 4.69) is 34.6 Å². The molecule has 5 heteroatoms. The van der Waals surface area contributed by atoms with E-state index in [4.69, 9.17) is 0 Å². The van der Waals surface area contributed by atoms with Crippen molar-refractivity contribution < 1.29 is 9.90 Å². The van der Waals surface area contributed by atoms with Crippen LogP contribution in [0.1, 0.15) is 36.9 Å². The van der Waals surface area contributed by atoms with E-state index in [0.717, 1.165) is 30.7 Å². The average Bonchev–Trinajstić information content (AvgIpc) is 2.85. The van der Waals surface area contributed by atoms with Gasteiger partial charge in [-0.1, -0.05) is 13.0 Å². The zero-order valence-corrected chi connectivity index (χ0v) is 12.8. The summed E-state index contributed by atoms with van der Waals surface area (Å²) in [6.07, 6.45) is 6.01. The molecular formula is C17H21N3O2. The van der Waals surface area contributed by atoms with Crippen LogP contribution in [0, 0.1) is 5.92 Å². The third-order valence-electron chi connectivity index (χ3n) is 5.07. The Bertz CT molecular complexity index is 712. The van der Waals surface area contributed by atoms with Crippen molar-refractivity contribution >= 4 is 11.4 Å². The van der Waals surface area contributed by atoms with Gasteiger partial charge >= 0.3 is 0 Å². The quantitative estimate of drug-likeness (QED) is 0.936. The van der Waals surface area contributed by atoms with Crippen LogP contribution in [0.3, 0.4) is 0 Å². The van der Waals surface area contributed by atoms with Crippen molar-refractivity contribution in [2.75, 3.05) is 13.1 Å². The molecule has 1 aliphatic heterocycles. The van der Waals surface area contributed by atoms with Crippen LogP contribution in [0.2, 0.25) is 0 Å². The lowest BCUT2D eigenvalue weighted by Crippen LogP contribution is -2.53. The van der Waals surface area contributed by atoms with Gasteiger partial charge in [0.2, 0.25) is 5.91 Å². The fourth-order valence-corrected chi connectivity index (χ4v) is 3.47. The van der Waals surface area contributed by atoms with Crippen LogP contribution in [-0.2, 0) is 11.2 Å². The van der Waals surface area contributed by atoms with Crippen LogP contribution in [-0.4, -0.2) is 44.5 Å². The number of nitrogens with zero attached hydrogens (tertiary/aromatic N) is 3. The van der Waals surface area contributed by atoms with Gasteiger partial charge in [0.25, 0.3) is 0 Å². The zero-order valence-electron chi connectivity index (χ0n) is 12.8. The first-order valence-corrected chi connectivity index (χ1v) is 8.08. The summed E-state index contributed by atoms with van der Waals surface area (Å²) in [4.78, 5) is 18.7. The van der Waals surface area contributed by atoms with Crippen molar-refractivity contribution in [3.8, 4) is 0 Å². The second kappa shape index (κ2) is 5.09. The number of carbonyl (C=O) groups excluding carboxylic acids is 1. The summed E-state index contributed by atoms with van der Waals surface area (Å²) in [5, 5.41) is 9.32. The number of imidazole rings is 1. The number of aliphatic hydroxyl groups excluding tert-OH is 1. The maximum atomic E-state index is 12.2. The van der Waals surface area contributed by atoms with E-state index in [-0.39, 0.29) is 17.9 Å². The van der Waals surface area contributed by atoms with E-state index < -0.39 is 0 Å². The fraction of sp³-hybridized carbons (Fsp3) is 0.529. The molecule has 2 aromatic rings. The van der Waals surface area contributed by atoms with Crippen LogP contribution in [0.4, 0.5) is 0 Å². The Hall–Kier alpha value is -1.88. The molecule has 22 heavy (non-hydrogen) atoms. The van der Waals surface area contributed by atoms with Crippen molar-refractivity contribution in [2.24, 2.45) is 5.92 Å². The molecule has 3 heterocycles. The molecule has 1 aliphatic carbocycles. The molecule has 0 atom stereocenters. The minimum atomic E-state index is -0.268. The largest absolute Gasteiger partial charge is 0.393 e. The highest BCUT2D eigenvalue weighted by Crippen LogP contribution is 2.34. The average molecular weight is 299 g/mol. The molecule has 1 N–H and O–H groups in total. The Labute approximate surface area is 129 Å². The van der Waals surface area contributed by atoms with Crippen LogP contribution in [0.15, 0.2) is 24.7 Å².